The Morgan fingerprint density at radius 1 is 1.36 bits per heavy atom. The van der Waals surface area contributed by atoms with Crippen molar-refractivity contribution in [2.45, 2.75) is 38.9 Å². The highest BCUT2D eigenvalue weighted by atomic mass is 32.2. The number of ether oxygens (including phenoxy) is 1. The Hall–Kier alpha value is -0.980. The molecule has 0 spiro atoms. The van der Waals surface area contributed by atoms with Gasteiger partial charge in [-0.15, -0.1) is 0 Å². The summed E-state index contributed by atoms with van der Waals surface area (Å²) >= 11 is 0. The maximum atomic E-state index is 12.1. The van der Waals surface area contributed by atoms with Crippen LogP contribution in [0.5, 0.6) is 0 Å². The summed E-state index contributed by atoms with van der Waals surface area (Å²) in [5, 5.41) is 0. The number of hydrogen-bond acceptors (Lipinski definition) is 4. The highest BCUT2D eigenvalue weighted by Gasteiger charge is 2.43. The summed E-state index contributed by atoms with van der Waals surface area (Å²) in [6, 6.07) is 3.92. The number of hydrogen-bond donors (Lipinski definition) is 0. The zero-order valence-electron chi connectivity index (χ0n) is 13.0. The highest BCUT2D eigenvalue weighted by molar-refractivity contribution is 7.89. The van der Waals surface area contributed by atoms with Crippen molar-refractivity contribution in [3.63, 3.8) is 0 Å². The quantitative estimate of drug-likeness (QED) is 0.832. The standard InChI is InChI=1S/C16H24N2O3S/c1-2-22(19,20)18-10-14-6-3-7-16(15(14)11-18)21-12-13-5-4-8-17-9-13/h4-5,8-9,14-16H,2-3,6-7,10-12H2,1H3/t14-,15+,16?/m1/s1. The summed E-state index contributed by atoms with van der Waals surface area (Å²) in [5.41, 5.74) is 1.07. The van der Waals surface area contributed by atoms with Crippen LogP contribution in [-0.2, 0) is 21.4 Å². The average Bonchev–Trinajstić information content (AvgIpc) is 2.99. The molecule has 1 aliphatic carbocycles. The van der Waals surface area contributed by atoms with E-state index < -0.39 is 10.0 Å². The van der Waals surface area contributed by atoms with Gasteiger partial charge in [-0.25, -0.2) is 12.7 Å². The van der Waals surface area contributed by atoms with Gasteiger partial charge < -0.3 is 4.74 Å². The minimum atomic E-state index is -3.08. The monoisotopic (exact) mass is 324 g/mol. The first-order valence-electron chi connectivity index (χ1n) is 8.08. The largest absolute Gasteiger partial charge is 0.373 e. The predicted molar refractivity (Wildman–Crippen MR) is 84.7 cm³/mol. The molecule has 2 aliphatic rings. The Morgan fingerprint density at radius 2 is 2.23 bits per heavy atom. The lowest BCUT2D eigenvalue weighted by atomic mass is 9.79. The highest BCUT2D eigenvalue weighted by Crippen LogP contribution is 2.39. The van der Waals surface area contributed by atoms with E-state index >= 15 is 0 Å². The van der Waals surface area contributed by atoms with Crippen LogP contribution in [0.2, 0.25) is 0 Å². The molecule has 0 radical (unpaired) electrons. The van der Waals surface area contributed by atoms with E-state index in [9.17, 15) is 8.42 Å². The number of rotatable bonds is 5. The van der Waals surface area contributed by atoms with E-state index in [0.29, 0.717) is 31.5 Å². The van der Waals surface area contributed by atoms with Crippen LogP contribution in [0.25, 0.3) is 0 Å². The number of pyridine rings is 1. The smallest absolute Gasteiger partial charge is 0.213 e. The third kappa shape index (κ3) is 3.34. The van der Waals surface area contributed by atoms with E-state index in [-0.39, 0.29) is 11.9 Å². The fraction of sp³-hybridized carbons (Fsp3) is 0.688. The molecule has 1 aliphatic heterocycles. The van der Waals surface area contributed by atoms with Crippen LogP contribution >= 0.6 is 0 Å². The van der Waals surface area contributed by atoms with Crippen molar-refractivity contribution >= 4 is 10.0 Å². The predicted octanol–water partition coefficient (Wildman–Crippen LogP) is 2.05. The van der Waals surface area contributed by atoms with Gasteiger partial charge in [0.15, 0.2) is 0 Å². The molecule has 0 N–H and O–H groups in total. The maximum Gasteiger partial charge on any atom is 0.213 e. The van der Waals surface area contributed by atoms with E-state index in [1.54, 1.807) is 17.4 Å². The van der Waals surface area contributed by atoms with E-state index in [2.05, 4.69) is 4.98 Å². The van der Waals surface area contributed by atoms with Gasteiger partial charge in [0.05, 0.1) is 18.5 Å². The summed E-state index contributed by atoms with van der Waals surface area (Å²) in [6.45, 7) is 3.57. The summed E-state index contributed by atoms with van der Waals surface area (Å²) in [7, 11) is -3.08. The summed E-state index contributed by atoms with van der Waals surface area (Å²) in [6.07, 6.45) is 7.01. The molecule has 2 heterocycles. The molecule has 122 valence electrons. The first-order chi connectivity index (χ1) is 10.6. The SMILES string of the molecule is CCS(=O)(=O)N1C[C@H]2CCCC(OCc3cccnc3)[C@H]2C1. The molecule has 1 unspecified atom stereocenters. The minimum Gasteiger partial charge on any atom is -0.373 e. The molecule has 22 heavy (non-hydrogen) atoms. The van der Waals surface area contributed by atoms with Crippen LogP contribution in [0.4, 0.5) is 0 Å². The molecule has 1 saturated carbocycles. The lowest BCUT2D eigenvalue weighted by Gasteiger charge is -2.32. The van der Waals surface area contributed by atoms with E-state index in [4.69, 9.17) is 4.74 Å². The minimum absolute atomic E-state index is 0.163. The van der Waals surface area contributed by atoms with Gasteiger partial charge in [0.1, 0.15) is 0 Å². The lowest BCUT2D eigenvalue weighted by molar-refractivity contribution is -0.0290. The van der Waals surface area contributed by atoms with Crippen molar-refractivity contribution in [1.82, 2.24) is 9.29 Å². The maximum absolute atomic E-state index is 12.1. The molecule has 5 nitrogen and oxygen atoms in total. The first kappa shape index (κ1) is 15.9. The molecular weight excluding hydrogens is 300 g/mol. The average molecular weight is 324 g/mol. The molecule has 3 rings (SSSR count). The zero-order chi connectivity index (χ0) is 15.6. The first-order valence-corrected chi connectivity index (χ1v) is 9.69. The normalized spacial score (nSPS) is 29.4. The number of aromatic nitrogens is 1. The van der Waals surface area contributed by atoms with Crippen LogP contribution in [0.15, 0.2) is 24.5 Å². The molecule has 2 fully saturated rings. The Labute approximate surface area is 132 Å². The molecule has 0 aromatic carbocycles. The second-order valence-electron chi connectivity index (χ2n) is 6.28. The van der Waals surface area contributed by atoms with E-state index in [1.165, 1.54) is 0 Å². The summed E-state index contributed by atoms with van der Waals surface area (Å²) < 4.78 is 32.0. The van der Waals surface area contributed by atoms with Gasteiger partial charge in [-0.3, -0.25) is 4.98 Å². The lowest BCUT2D eigenvalue weighted by Crippen LogP contribution is -2.34. The van der Waals surface area contributed by atoms with E-state index in [0.717, 1.165) is 24.8 Å². The third-order valence-electron chi connectivity index (χ3n) is 4.94. The van der Waals surface area contributed by atoms with Gasteiger partial charge in [-0.2, -0.15) is 0 Å². The molecule has 1 saturated heterocycles. The zero-order valence-corrected chi connectivity index (χ0v) is 13.8. The fourth-order valence-corrected chi connectivity index (χ4v) is 4.86. The van der Waals surface area contributed by atoms with Gasteiger partial charge in [-0.1, -0.05) is 12.5 Å². The Morgan fingerprint density at radius 3 is 2.95 bits per heavy atom. The molecule has 3 atom stereocenters. The van der Waals surface area contributed by atoms with Crippen LogP contribution in [0, 0.1) is 11.8 Å². The fourth-order valence-electron chi connectivity index (χ4n) is 3.68. The molecule has 6 heteroatoms. The van der Waals surface area contributed by atoms with Crippen molar-refractivity contribution in [2.75, 3.05) is 18.8 Å². The summed E-state index contributed by atoms with van der Waals surface area (Å²) in [5.74, 6) is 0.980. The van der Waals surface area contributed by atoms with Crippen molar-refractivity contribution in [3.8, 4) is 0 Å². The van der Waals surface area contributed by atoms with Crippen LogP contribution < -0.4 is 0 Å². The number of nitrogens with zero attached hydrogens (tertiary/aromatic N) is 2. The van der Waals surface area contributed by atoms with Gasteiger partial charge >= 0.3 is 0 Å². The Kier molecular flexibility index (Phi) is 4.80. The molecule has 0 bridgehead atoms. The molecule has 1 aromatic rings. The van der Waals surface area contributed by atoms with Gasteiger partial charge in [-0.05, 0) is 37.3 Å². The van der Waals surface area contributed by atoms with Crippen LogP contribution in [-0.4, -0.2) is 42.7 Å². The molecule has 1 aromatic heterocycles. The molecular formula is C16H24N2O3S. The topological polar surface area (TPSA) is 59.5 Å². The van der Waals surface area contributed by atoms with Crippen molar-refractivity contribution in [3.05, 3.63) is 30.1 Å². The Bertz CT molecular complexity index is 591. The van der Waals surface area contributed by atoms with Gasteiger partial charge in [0.2, 0.25) is 10.0 Å². The van der Waals surface area contributed by atoms with Crippen molar-refractivity contribution in [2.24, 2.45) is 11.8 Å². The van der Waals surface area contributed by atoms with E-state index in [1.807, 2.05) is 18.3 Å². The molecule has 0 amide bonds. The van der Waals surface area contributed by atoms with Crippen molar-refractivity contribution in [1.29, 1.82) is 0 Å². The second-order valence-corrected chi connectivity index (χ2v) is 8.54. The van der Waals surface area contributed by atoms with Crippen LogP contribution in [0.1, 0.15) is 31.7 Å². The number of sulfonamides is 1. The summed E-state index contributed by atoms with van der Waals surface area (Å²) in [4.78, 5) is 4.10. The third-order valence-corrected chi connectivity index (χ3v) is 6.76. The second kappa shape index (κ2) is 6.64. The Balaban J connectivity index is 1.64. The van der Waals surface area contributed by atoms with Gasteiger partial charge in [0.25, 0.3) is 0 Å². The van der Waals surface area contributed by atoms with Crippen LogP contribution in [0.3, 0.4) is 0 Å². The number of fused-ring (bicyclic) bond motifs is 1. The van der Waals surface area contributed by atoms with Crippen molar-refractivity contribution < 1.29 is 13.2 Å². The van der Waals surface area contributed by atoms with Gasteiger partial charge in [0, 0.05) is 31.4 Å².